The molecule has 6 heteroatoms. The SMILES string of the molecule is Cc1cccc(C)c1NC(=S)N/N=C\c1cccn1Cc1ccc(Cl)cc1. The average Bonchev–Trinajstić information content (AvgIpc) is 3.07. The first-order valence-electron chi connectivity index (χ1n) is 8.59. The second-order valence-corrected chi connectivity index (χ2v) is 7.12. The fraction of sp³-hybridized carbons (Fsp3) is 0.143. The Balaban J connectivity index is 1.61. The average molecular weight is 397 g/mol. The van der Waals surface area contributed by atoms with Crippen LogP contribution in [-0.2, 0) is 6.54 Å². The molecule has 27 heavy (non-hydrogen) atoms. The first-order valence-corrected chi connectivity index (χ1v) is 9.37. The van der Waals surface area contributed by atoms with Gasteiger partial charge in [-0.2, -0.15) is 5.10 Å². The second-order valence-electron chi connectivity index (χ2n) is 6.28. The zero-order valence-corrected chi connectivity index (χ0v) is 16.8. The van der Waals surface area contributed by atoms with E-state index >= 15 is 0 Å². The van der Waals surface area contributed by atoms with Gasteiger partial charge in [-0.3, -0.25) is 5.43 Å². The Morgan fingerprint density at radius 3 is 2.48 bits per heavy atom. The summed E-state index contributed by atoms with van der Waals surface area (Å²) in [6, 6.07) is 17.9. The van der Waals surface area contributed by atoms with Crippen LogP contribution in [0.15, 0.2) is 65.9 Å². The second kappa shape index (κ2) is 8.84. The van der Waals surface area contributed by atoms with Gasteiger partial charge in [-0.05, 0) is 67.0 Å². The molecular formula is C21H21ClN4S. The summed E-state index contributed by atoms with van der Waals surface area (Å²) < 4.78 is 2.11. The molecule has 1 aromatic heterocycles. The minimum absolute atomic E-state index is 0.458. The largest absolute Gasteiger partial charge is 0.342 e. The van der Waals surface area contributed by atoms with Crippen molar-refractivity contribution in [2.75, 3.05) is 5.32 Å². The number of anilines is 1. The van der Waals surface area contributed by atoms with Crippen LogP contribution in [-0.4, -0.2) is 15.9 Å². The van der Waals surface area contributed by atoms with Gasteiger partial charge in [0.2, 0.25) is 0 Å². The van der Waals surface area contributed by atoms with E-state index < -0.39 is 0 Å². The molecule has 0 saturated carbocycles. The highest BCUT2D eigenvalue weighted by molar-refractivity contribution is 7.80. The Morgan fingerprint density at radius 1 is 1.07 bits per heavy atom. The molecule has 0 unspecified atom stereocenters. The predicted molar refractivity (Wildman–Crippen MR) is 118 cm³/mol. The Bertz CT molecular complexity index is 940. The third-order valence-corrected chi connectivity index (χ3v) is 4.66. The molecular weight excluding hydrogens is 376 g/mol. The number of aromatic nitrogens is 1. The maximum atomic E-state index is 5.95. The van der Waals surface area contributed by atoms with Gasteiger partial charge in [-0.15, -0.1) is 0 Å². The maximum absolute atomic E-state index is 5.95. The van der Waals surface area contributed by atoms with Gasteiger partial charge in [-0.25, -0.2) is 0 Å². The van der Waals surface area contributed by atoms with Crippen molar-refractivity contribution in [3.63, 3.8) is 0 Å². The van der Waals surface area contributed by atoms with Crippen molar-refractivity contribution in [2.24, 2.45) is 5.10 Å². The summed E-state index contributed by atoms with van der Waals surface area (Å²) in [6.07, 6.45) is 3.78. The van der Waals surface area contributed by atoms with E-state index in [2.05, 4.69) is 20.4 Å². The molecule has 0 aliphatic rings. The number of hydrogen-bond acceptors (Lipinski definition) is 2. The van der Waals surface area contributed by atoms with Crippen LogP contribution in [0.25, 0.3) is 0 Å². The smallest absolute Gasteiger partial charge is 0.191 e. The maximum Gasteiger partial charge on any atom is 0.191 e. The zero-order chi connectivity index (χ0) is 19.2. The molecule has 0 amide bonds. The van der Waals surface area contributed by atoms with Gasteiger partial charge in [0.25, 0.3) is 0 Å². The molecule has 4 nitrogen and oxygen atoms in total. The van der Waals surface area contributed by atoms with E-state index in [4.69, 9.17) is 23.8 Å². The normalized spacial score (nSPS) is 10.9. The van der Waals surface area contributed by atoms with Gasteiger partial charge in [0, 0.05) is 23.5 Å². The van der Waals surface area contributed by atoms with Crippen molar-refractivity contribution in [1.29, 1.82) is 0 Å². The minimum atomic E-state index is 0.458. The van der Waals surface area contributed by atoms with E-state index in [1.165, 1.54) is 5.56 Å². The lowest BCUT2D eigenvalue weighted by atomic mass is 10.1. The van der Waals surface area contributed by atoms with Crippen LogP contribution in [0.2, 0.25) is 5.02 Å². The Hall–Kier alpha value is -2.63. The number of thiocarbonyl (C=S) groups is 1. The highest BCUT2D eigenvalue weighted by Gasteiger charge is 2.04. The molecule has 138 valence electrons. The molecule has 2 aromatic carbocycles. The fourth-order valence-corrected chi connectivity index (χ4v) is 3.07. The van der Waals surface area contributed by atoms with E-state index in [0.717, 1.165) is 34.1 Å². The Labute approximate surface area is 169 Å². The van der Waals surface area contributed by atoms with Gasteiger partial charge in [-0.1, -0.05) is 41.9 Å². The van der Waals surface area contributed by atoms with Crippen LogP contribution < -0.4 is 10.7 Å². The van der Waals surface area contributed by atoms with Crippen molar-refractivity contribution >= 4 is 40.8 Å². The van der Waals surface area contributed by atoms with E-state index in [0.29, 0.717) is 5.11 Å². The van der Waals surface area contributed by atoms with E-state index in [1.807, 2.05) is 74.6 Å². The highest BCUT2D eigenvalue weighted by Crippen LogP contribution is 2.19. The Kier molecular flexibility index (Phi) is 6.27. The number of benzene rings is 2. The van der Waals surface area contributed by atoms with Crippen molar-refractivity contribution in [1.82, 2.24) is 9.99 Å². The summed E-state index contributed by atoms with van der Waals surface area (Å²) in [4.78, 5) is 0. The van der Waals surface area contributed by atoms with Gasteiger partial charge in [0.15, 0.2) is 5.11 Å². The number of nitrogens with zero attached hydrogens (tertiary/aromatic N) is 2. The van der Waals surface area contributed by atoms with E-state index in [9.17, 15) is 0 Å². The molecule has 2 N–H and O–H groups in total. The van der Waals surface area contributed by atoms with Crippen molar-refractivity contribution < 1.29 is 0 Å². The molecule has 3 rings (SSSR count). The molecule has 0 fully saturated rings. The lowest BCUT2D eigenvalue weighted by molar-refractivity contribution is 0.799. The summed E-state index contributed by atoms with van der Waals surface area (Å²) in [5, 5.41) is 8.67. The monoisotopic (exact) mass is 396 g/mol. The lowest BCUT2D eigenvalue weighted by Crippen LogP contribution is -2.24. The van der Waals surface area contributed by atoms with Crippen LogP contribution in [0.1, 0.15) is 22.4 Å². The third kappa shape index (κ3) is 5.18. The zero-order valence-electron chi connectivity index (χ0n) is 15.2. The number of aryl methyl sites for hydroxylation is 2. The summed E-state index contributed by atoms with van der Waals surface area (Å²) in [6.45, 7) is 4.84. The summed E-state index contributed by atoms with van der Waals surface area (Å²) in [5.41, 5.74) is 8.32. The summed E-state index contributed by atoms with van der Waals surface area (Å²) in [7, 11) is 0. The first kappa shape index (κ1) is 19.1. The highest BCUT2D eigenvalue weighted by atomic mass is 35.5. The molecule has 1 heterocycles. The van der Waals surface area contributed by atoms with E-state index in [-0.39, 0.29) is 0 Å². The molecule has 0 aliphatic heterocycles. The van der Waals surface area contributed by atoms with Gasteiger partial charge in [0.05, 0.1) is 11.9 Å². The number of nitrogens with one attached hydrogen (secondary N) is 2. The van der Waals surface area contributed by atoms with Crippen LogP contribution >= 0.6 is 23.8 Å². The predicted octanol–water partition coefficient (Wildman–Crippen LogP) is 5.13. The summed E-state index contributed by atoms with van der Waals surface area (Å²) in [5.74, 6) is 0. The molecule has 0 atom stereocenters. The molecule has 0 spiro atoms. The molecule has 3 aromatic rings. The summed E-state index contributed by atoms with van der Waals surface area (Å²) >= 11 is 11.3. The van der Waals surface area contributed by atoms with Crippen LogP contribution in [0.5, 0.6) is 0 Å². The quantitative estimate of drug-likeness (QED) is 0.357. The van der Waals surface area contributed by atoms with Crippen LogP contribution in [0, 0.1) is 13.8 Å². The topological polar surface area (TPSA) is 41.4 Å². The Morgan fingerprint density at radius 2 is 1.78 bits per heavy atom. The minimum Gasteiger partial charge on any atom is -0.342 e. The number of rotatable bonds is 5. The van der Waals surface area contributed by atoms with Gasteiger partial charge in [0.1, 0.15) is 0 Å². The fourth-order valence-electron chi connectivity index (χ4n) is 2.79. The number of para-hydroxylation sites is 1. The third-order valence-electron chi connectivity index (χ3n) is 4.21. The van der Waals surface area contributed by atoms with E-state index in [1.54, 1.807) is 6.21 Å². The van der Waals surface area contributed by atoms with Crippen molar-refractivity contribution in [3.8, 4) is 0 Å². The molecule has 0 bridgehead atoms. The molecule has 0 radical (unpaired) electrons. The standard InChI is InChI=1S/C21H21ClN4S/c1-15-5-3-6-16(2)20(15)24-21(27)25-23-13-19-7-4-12-26(19)14-17-8-10-18(22)11-9-17/h3-13H,14H2,1-2H3,(H2,24,25,27)/b23-13-. The lowest BCUT2D eigenvalue weighted by Gasteiger charge is -2.12. The van der Waals surface area contributed by atoms with Gasteiger partial charge < -0.3 is 9.88 Å². The molecule has 0 aliphatic carbocycles. The van der Waals surface area contributed by atoms with Crippen LogP contribution in [0.3, 0.4) is 0 Å². The number of halogens is 1. The number of hydrazone groups is 1. The van der Waals surface area contributed by atoms with Crippen molar-refractivity contribution in [3.05, 3.63) is 88.2 Å². The molecule has 0 saturated heterocycles. The van der Waals surface area contributed by atoms with Crippen molar-refractivity contribution in [2.45, 2.75) is 20.4 Å². The first-order chi connectivity index (χ1) is 13.0. The van der Waals surface area contributed by atoms with Gasteiger partial charge >= 0.3 is 0 Å². The van der Waals surface area contributed by atoms with Crippen LogP contribution in [0.4, 0.5) is 5.69 Å². The number of hydrogen-bond donors (Lipinski definition) is 2.